The number of aromatic nitrogens is 3. The summed E-state index contributed by atoms with van der Waals surface area (Å²) < 4.78 is 0. The van der Waals surface area contributed by atoms with Gasteiger partial charge in [0.15, 0.2) is 5.82 Å². The van der Waals surface area contributed by atoms with E-state index < -0.39 is 5.97 Å². The van der Waals surface area contributed by atoms with Gasteiger partial charge in [-0.3, -0.25) is 0 Å². The van der Waals surface area contributed by atoms with Gasteiger partial charge in [0.05, 0.1) is 16.8 Å². The van der Waals surface area contributed by atoms with E-state index in [1.807, 2.05) is 5.38 Å². The molecule has 1 N–H and O–H groups in total. The van der Waals surface area contributed by atoms with Crippen LogP contribution < -0.4 is 0 Å². The van der Waals surface area contributed by atoms with Crippen molar-refractivity contribution in [1.29, 1.82) is 0 Å². The van der Waals surface area contributed by atoms with Crippen LogP contribution in [-0.4, -0.2) is 26.0 Å². The highest BCUT2D eigenvalue weighted by atomic mass is 32.1. The molecule has 0 aliphatic rings. The van der Waals surface area contributed by atoms with E-state index in [4.69, 9.17) is 5.11 Å². The van der Waals surface area contributed by atoms with Gasteiger partial charge in [-0.25, -0.2) is 19.7 Å². The molecule has 0 aliphatic carbocycles. The maximum Gasteiger partial charge on any atom is 0.339 e. The molecule has 5 nitrogen and oxygen atoms in total. The van der Waals surface area contributed by atoms with Crippen LogP contribution in [0.4, 0.5) is 0 Å². The molecule has 15 heavy (non-hydrogen) atoms. The third-order valence-corrected chi connectivity index (χ3v) is 2.46. The zero-order valence-electron chi connectivity index (χ0n) is 7.84. The molecule has 0 amide bonds. The Kier molecular flexibility index (Phi) is 2.42. The van der Waals surface area contributed by atoms with Gasteiger partial charge in [-0.15, -0.1) is 11.3 Å². The number of aryl methyl sites for hydroxylation is 1. The topological polar surface area (TPSA) is 76.0 Å². The minimum atomic E-state index is -1.02. The van der Waals surface area contributed by atoms with E-state index in [0.29, 0.717) is 17.2 Å². The number of carbonyl (C=O) groups is 1. The summed E-state index contributed by atoms with van der Waals surface area (Å²) in [5.41, 5.74) is 2.91. The zero-order chi connectivity index (χ0) is 10.8. The van der Waals surface area contributed by atoms with Crippen molar-refractivity contribution in [2.24, 2.45) is 0 Å². The van der Waals surface area contributed by atoms with Crippen LogP contribution in [0.25, 0.3) is 11.5 Å². The zero-order valence-corrected chi connectivity index (χ0v) is 8.65. The van der Waals surface area contributed by atoms with Gasteiger partial charge < -0.3 is 5.11 Å². The molecule has 2 rings (SSSR count). The SMILES string of the molecule is Cc1nc(-c2cscn2)ncc1C(=O)O. The van der Waals surface area contributed by atoms with Gasteiger partial charge in [-0.1, -0.05) is 0 Å². The van der Waals surface area contributed by atoms with Crippen molar-refractivity contribution in [2.75, 3.05) is 0 Å². The molecule has 2 heterocycles. The number of carboxylic acid groups (broad SMARTS) is 1. The van der Waals surface area contributed by atoms with Gasteiger partial charge in [0, 0.05) is 11.6 Å². The highest BCUT2D eigenvalue weighted by Gasteiger charge is 2.11. The Morgan fingerprint density at radius 1 is 1.47 bits per heavy atom. The van der Waals surface area contributed by atoms with Crippen LogP contribution in [0.2, 0.25) is 0 Å². The maximum absolute atomic E-state index is 10.7. The molecule has 0 radical (unpaired) electrons. The second-order valence-corrected chi connectivity index (χ2v) is 3.59. The van der Waals surface area contributed by atoms with E-state index in [-0.39, 0.29) is 5.56 Å². The molecule has 0 atom stereocenters. The summed E-state index contributed by atoms with van der Waals surface area (Å²) >= 11 is 1.44. The van der Waals surface area contributed by atoms with Crippen LogP contribution in [0.1, 0.15) is 16.1 Å². The van der Waals surface area contributed by atoms with Crippen molar-refractivity contribution >= 4 is 17.3 Å². The fourth-order valence-electron chi connectivity index (χ4n) is 1.12. The number of carboxylic acids is 1. The molecule has 0 fully saturated rings. The smallest absolute Gasteiger partial charge is 0.339 e. The number of hydrogen-bond donors (Lipinski definition) is 1. The minimum Gasteiger partial charge on any atom is -0.478 e. The normalized spacial score (nSPS) is 10.2. The summed E-state index contributed by atoms with van der Waals surface area (Å²) in [6.45, 7) is 1.64. The fourth-order valence-corrected chi connectivity index (χ4v) is 1.65. The van der Waals surface area contributed by atoms with E-state index >= 15 is 0 Å². The van der Waals surface area contributed by atoms with Crippen molar-refractivity contribution < 1.29 is 9.90 Å². The van der Waals surface area contributed by atoms with Crippen LogP contribution in [0.5, 0.6) is 0 Å². The molecule has 2 aromatic rings. The first-order valence-electron chi connectivity index (χ1n) is 4.14. The predicted molar refractivity (Wildman–Crippen MR) is 54.8 cm³/mol. The predicted octanol–water partition coefficient (Wildman–Crippen LogP) is 1.61. The fraction of sp³-hybridized carbons (Fsp3) is 0.111. The second-order valence-electron chi connectivity index (χ2n) is 2.87. The van der Waals surface area contributed by atoms with Crippen molar-refractivity contribution in [2.45, 2.75) is 6.92 Å². The van der Waals surface area contributed by atoms with Crippen LogP contribution in [0, 0.1) is 6.92 Å². The summed E-state index contributed by atoms with van der Waals surface area (Å²) in [6, 6.07) is 0. The van der Waals surface area contributed by atoms with Crippen molar-refractivity contribution in [3.63, 3.8) is 0 Å². The van der Waals surface area contributed by atoms with Crippen molar-refractivity contribution in [3.8, 4) is 11.5 Å². The van der Waals surface area contributed by atoms with Crippen LogP contribution in [0.3, 0.4) is 0 Å². The lowest BCUT2D eigenvalue weighted by Gasteiger charge is -2.00. The number of hydrogen-bond acceptors (Lipinski definition) is 5. The van der Waals surface area contributed by atoms with E-state index in [0.717, 1.165) is 0 Å². The van der Waals surface area contributed by atoms with Crippen LogP contribution >= 0.6 is 11.3 Å². The van der Waals surface area contributed by atoms with E-state index in [1.54, 1.807) is 12.4 Å². The summed E-state index contributed by atoms with van der Waals surface area (Å²) in [6.07, 6.45) is 1.30. The quantitative estimate of drug-likeness (QED) is 0.833. The lowest BCUT2D eigenvalue weighted by molar-refractivity contribution is 0.0695. The van der Waals surface area contributed by atoms with E-state index in [2.05, 4.69) is 15.0 Å². The molecule has 0 aromatic carbocycles. The Balaban J connectivity index is 2.47. The lowest BCUT2D eigenvalue weighted by atomic mass is 10.2. The number of rotatable bonds is 2. The molecular weight excluding hydrogens is 214 g/mol. The lowest BCUT2D eigenvalue weighted by Crippen LogP contribution is -2.04. The van der Waals surface area contributed by atoms with Gasteiger partial charge in [0.25, 0.3) is 0 Å². The molecule has 0 saturated carbocycles. The molecule has 0 saturated heterocycles. The summed E-state index contributed by atoms with van der Waals surface area (Å²) in [5.74, 6) is -0.559. The first kappa shape index (κ1) is 9.72. The molecular formula is C9H7N3O2S. The number of thiazole rings is 1. The largest absolute Gasteiger partial charge is 0.478 e. The van der Waals surface area contributed by atoms with Gasteiger partial charge >= 0.3 is 5.97 Å². The molecule has 0 bridgehead atoms. The molecule has 0 spiro atoms. The summed E-state index contributed by atoms with van der Waals surface area (Å²) in [7, 11) is 0. The maximum atomic E-state index is 10.7. The third kappa shape index (κ3) is 1.84. The highest BCUT2D eigenvalue weighted by Crippen LogP contribution is 2.15. The average molecular weight is 221 g/mol. The Morgan fingerprint density at radius 2 is 2.27 bits per heavy atom. The monoisotopic (exact) mass is 221 g/mol. The number of nitrogens with zero attached hydrogens (tertiary/aromatic N) is 3. The first-order valence-corrected chi connectivity index (χ1v) is 5.08. The molecule has 2 aromatic heterocycles. The summed E-state index contributed by atoms with van der Waals surface area (Å²) in [4.78, 5) is 22.8. The van der Waals surface area contributed by atoms with Gasteiger partial charge in [0.2, 0.25) is 0 Å². The Hall–Kier alpha value is -1.82. The standard InChI is InChI=1S/C9H7N3O2S/c1-5-6(9(13)14)2-10-8(12-5)7-3-15-4-11-7/h2-4H,1H3,(H,13,14). The van der Waals surface area contributed by atoms with Crippen molar-refractivity contribution in [3.05, 3.63) is 28.3 Å². The summed E-state index contributed by atoms with van der Waals surface area (Å²) in [5, 5.41) is 10.6. The van der Waals surface area contributed by atoms with E-state index in [1.165, 1.54) is 17.5 Å². The molecule has 0 unspecified atom stereocenters. The van der Waals surface area contributed by atoms with E-state index in [9.17, 15) is 4.79 Å². The highest BCUT2D eigenvalue weighted by molar-refractivity contribution is 7.07. The Bertz CT molecular complexity index is 496. The third-order valence-electron chi connectivity index (χ3n) is 1.87. The van der Waals surface area contributed by atoms with Crippen molar-refractivity contribution in [1.82, 2.24) is 15.0 Å². The molecule has 0 aliphatic heterocycles. The molecule has 76 valence electrons. The minimum absolute atomic E-state index is 0.119. The van der Waals surface area contributed by atoms with Gasteiger partial charge in [-0.2, -0.15) is 0 Å². The van der Waals surface area contributed by atoms with Gasteiger partial charge in [0.1, 0.15) is 5.69 Å². The number of aromatic carboxylic acids is 1. The second kappa shape index (κ2) is 3.74. The van der Waals surface area contributed by atoms with Crippen LogP contribution in [0.15, 0.2) is 17.1 Å². The first-order chi connectivity index (χ1) is 7.18. The molecule has 6 heteroatoms. The Morgan fingerprint density at radius 3 is 2.80 bits per heavy atom. The average Bonchev–Trinajstić information content (AvgIpc) is 2.69. The van der Waals surface area contributed by atoms with Gasteiger partial charge in [-0.05, 0) is 6.92 Å². The Labute approximate surface area is 89.5 Å². The van der Waals surface area contributed by atoms with Crippen LogP contribution in [-0.2, 0) is 0 Å².